The van der Waals surface area contributed by atoms with E-state index < -0.39 is 18.0 Å². The lowest BCUT2D eigenvalue weighted by Gasteiger charge is -2.17. The number of urea groups is 1. The normalized spacial score (nSPS) is 11.7. The second-order valence-electron chi connectivity index (χ2n) is 6.23. The largest absolute Gasteiger partial charge is 0.481 e. The van der Waals surface area contributed by atoms with Crippen molar-refractivity contribution >= 4 is 17.8 Å². The van der Waals surface area contributed by atoms with Crippen LogP contribution in [-0.4, -0.2) is 22.9 Å². The smallest absolute Gasteiger partial charge is 0.319 e. The number of carboxylic acid groups (broad SMARTS) is 1. The first kappa shape index (κ1) is 20.7. The second kappa shape index (κ2) is 10.5. The van der Waals surface area contributed by atoms with Gasteiger partial charge in [0.2, 0.25) is 0 Å². The standard InChI is InChI=1S/C21H24N4O3/c22-20(23)17-11-9-15(10-12-17)6-4-5-13-24-21(28)25-18(14-19(26)27)16-7-2-1-3-8-16/h1-3,5,7-13,18H,4,6,14H2,(H3,22,23)(H,26,27)(H2,24,25,28). The van der Waals surface area contributed by atoms with Crippen molar-refractivity contribution in [2.45, 2.75) is 25.3 Å². The summed E-state index contributed by atoms with van der Waals surface area (Å²) in [7, 11) is 0. The zero-order valence-corrected chi connectivity index (χ0v) is 15.4. The third-order valence-corrected chi connectivity index (χ3v) is 4.08. The Balaban J connectivity index is 1.80. The monoisotopic (exact) mass is 380 g/mol. The maximum absolute atomic E-state index is 12.0. The number of hydrogen-bond acceptors (Lipinski definition) is 3. The molecule has 0 aliphatic heterocycles. The van der Waals surface area contributed by atoms with Gasteiger partial charge in [0.15, 0.2) is 0 Å². The molecular weight excluding hydrogens is 356 g/mol. The lowest BCUT2D eigenvalue weighted by Crippen LogP contribution is -2.36. The van der Waals surface area contributed by atoms with E-state index in [2.05, 4.69) is 10.6 Å². The van der Waals surface area contributed by atoms with Gasteiger partial charge in [0, 0.05) is 11.8 Å². The van der Waals surface area contributed by atoms with E-state index in [4.69, 9.17) is 16.2 Å². The average Bonchev–Trinajstić information content (AvgIpc) is 2.68. The summed E-state index contributed by atoms with van der Waals surface area (Å²) >= 11 is 0. The first-order valence-electron chi connectivity index (χ1n) is 8.88. The molecule has 0 spiro atoms. The molecule has 2 aromatic rings. The van der Waals surface area contributed by atoms with Crippen molar-refractivity contribution in [3.05, 3.63) is 83.6 Å². The van der Waals surface area contributed by atoms with Crippen molar-refractivity contribution in [3.63, 3.8) is 0 Å². The molecule has 2 amide bonds. The number of carbonyl (C=O) groups is 2. The third-order valence-electron chi connectivity index (χ3n) is 4.08. The van der Waals surface area contributed by atoms with Crippen LogP contribution in [0.15, 0.2) is 66.9 Å². The molecule has 1 atom stereocenters. The van der Waals surface area contributed by atoms with Gasteiger partial charge in [-0.2, -0.15) is 0 Å². The number of allylic oxidation sites excluding steroid dienone is 1. The minimum atomic E-state index is -0.986. The van der Waals surface area contributed by atoms with Crippen molar-refractivity contribution in [2.24, 2.45) is 5.73 Å². The van der Waals surface area contributed by atoms with E-state index in [9.17, 15) is 9.59 Å². The SMILES string of the molecule is N=C(N)c1ccc(CCC=CNC(=O)NC(CC(=O)O)c2ccccc2)cc1. The summed E-state index contributed by atoms with van der Waals surface area (Å²) in [5, 5.41) is 21.7. The van der Waals surface area contributed by atoms with E-state index in [0.29, 0.717) is 5.56 Å². The van der Waals surface area contributed by atoms with Crippen LogP contribution in [0.3, 0.4) is 0 Å². The second-order valence-corrected chi connectivity index (χ2v) is 6.23. The van der Waals surface area contributed by atoms with Gasteiger partial charge in [0.05, 0.1) is 12.5 Å². The van der Waals surface area contributed by atoms with Crippen LogP contribution in [-0.2, 0) is 11.2 Å². The molecule has 0 heterocycles. The predicted octanol–water partition coefficient (Wildman–Crippen LogP) is 2.93. The highest BCUT2D eigenvalue weighted by atomic mass is 16.4. The van der Waals surface area contributed by atoms with Gasteiger partial charge in [-0.1, -0.05) is 60.7 Å². The van der Waals surface area contributed by atoms with E-state index in [1.807, 2.05) is 24.3 Å². The molecule has 6 N–H and O–H groups in total. The number of aryl methyl sites for hydroxylation is 1. The Morgan fingerprint density at radius 3 is 2.39 bits per heavy atom. The van der Waals surface area contributed by atoms with Crippen LogP contribution in [0.5, 0.6) is 0 Å². The topological polar surface area (TPSA) is 128 Å². The van der Waals surface area contributed by atoms with Gasteiger partial charge in [-0.15, -0.1) is 0 Å². The van der Waals surface area contributed by atoms with Gasteiger partial charge >= 0.3 is 12.0 Å². The van der Waals surface area contributed by atoms with E-state index in [-0.39, 0.29) is 12.3 Å². The minimum Gasteiger partial charge on any atom is -0.481 e. The summed E-state index contributed by atoms with van der Waals surface area (Å²) in [6, 6.07) is 15.4. The van der Waals surface area contributed by atoms with Crippen LogP contribution in [0, 0.1) is 5.41 Å². The summed E-state index contributed by atoms with van der Waals surface area (Å²) in [5.74, 6) is -0.946. The number of carboxylic acids is 1. The van der Waals surface area contributed by atoms with Crippen LogP contribution in [0.4, 0.5) is 4.79 Å². The van der Waals surface area contributed by atoms with Crippen LogP contribution >= 0.6 is 0 Å². The number of aliphatic carboxylic acids is 1. The number of nitrogens with one attached hydrogen (secondary N) is 3. The maximum atomic E-state index is 12.0. The van der Waals surface area contributed by atoms with Crippen molar-refractivity contribution in [2.75, 3.05) is 0 Å². The number of rotatable bonds is 9. The average molecular weight is 380 g/mol. The molecule has 2 aromatic carbocycles. The molecule has 7 heteroatoms. The molecule has 7 nitrogen and oxygen atoms in total. The van der Waals surface area contributed by atoms with Crippen molar-refractivity contribution in [1.29, 1.82) is 5.41 Å². The van der Waals surface area contributed by atoms with Gasteiger partial charge in [0.1, 0.15) is 5.84 Å². The first-order chi connectivity index (χ1) is 13.5. The van der Waals surface area contributed by atoms with Crippen molar-refractivity contribution < 1.29 is 14.7 Å². The summed E-state index contributed by atoms with van der Waals surface area (Å²) < 4.78 is 0. The van der Waals surface area contributed by atoms with E-state index in [1.54, 1.807) is 42.6 Å². The Kier molecular flexibility index (Phi) is 7.77. The van der Waals surface area contributed by atoms with Gasteiger partial charge < -0.3 is 21.5 Å². The predicted molar refractivity (Wildman–Crippen MR) is 108 cm³/mol. The molecule has 0 aromatic heterocycles. The Bertz CT molecular complexity index is 832. The minimum absolute atomic E-state index is 0.0402. The summed E-state index contributed by atoms with van der Waals surface area (Å²) in [6.45, 7) is 0. The lowest BCUT2D eigenvalue weighted by atomic mass is 10.0. The molecule has 0 aliphatic carbocycles. The van der Waals surface area contributed by atoms with Crippen LogP contribution in [0.2, 0.25) is 0 Å². The first-order valence-corrected chi connectivity index (χ1v) is 8.88. The van der Waals surface area contributed by atoms with Gasteiger partial charge in [-0.05, 0) is 24.0 Å². The van der Waals surface area contributed by atoms with E-state index >= 15 is 0 Å². The molecule has 1 unspecified atom stereocenters. The number of amides is 2. The Labute approximate surface area is 163 Å². The quantitative estimate of drug-likeness (QED) is 0.338. The number of hydrogen-bond donors (Lipinski definition) is 5. The Morgan fingerprint density at radius 2 is 1.79 bits per heavy atom. The van der Waals surface area contributed by atoms with Crippen LogP contribution in [0.1, 0.15) is 35.6 Å². The fraction of sp³-hybridized carbons (Fsp3) is 0.190. The molecule has 0 fully saturated rings. The molecule has 146 valence electrons. The molecular formula is C21H24N4O3. The zero-order valence-electron chi connectivity index (χ0n) is 15.4. The molecule has 0 radical (unpaired) electrons. The highest BCUT2D eigenvalue weighted by molar-refractivity contribution is 5.94. The summed E-state index contributed by atoms with van der Waals surface area (Å²) in [4.78, 5) is 23.1. The molecule has 2 rings (SSSR count). The number of benzene rings is 2. The van der Waals surface area contributed by atoms with E-state index in [0.717, 1.165) is 24.0 Å². The van der Waals surface area contributed by atoms with E-state index in [1.165, 1.54) is 0 Å². The van der Waals surface area contributed by atoms with Gasteiger partial charge in [-0.3, -0.25) is 10.2 Å². The van der Waals surface area contributed by atoms with Crippen molar-refractivity contribution in [3.8, 4) is 0 Å². The summed E-state index contributed by atoms with van der Waals surface area (Å²) in [6.07, 6.45) is 4.67. The maximum Gasteiger partial charge on any atom is 0.319 e. The fourth-order valence-electron chi connectivity index (χ4n) is 2.63. The van der Waals surface area contributed by atoms with Gasteiger partial charge in [0.25, 0.3) is 0 Å². The third kappa shape index (κ3) is 6.95. The fourth-order valence-corrected chi connectivity index (χ4v) is 2.63. The molecule has 0 saturated carbocycles. The highest BCUT2D eigenvalue weighted by Crippen LogP contribution is 2.16. The number of amidine groups is 1. The highest BCUT2D eigenvalue weighted by Gasteiger charge is 2.17. The Hall–Kier alpha value is -3.61. The summed E-state index contributed by atoms with van der Waals surface area (Å²) in [5.41, 5.74) is 7.95. The van der Waals surface area contributed by atoms with Crippen molar-refractivity contribution in [1.82, 2.24) is 10.6 Å². The number of nitrogen functional groups attached to an aromatic ring is 1. The molecule has 0 aliphatic rings. The molecule has 28 heavy (non-hydrogen) atoms. The lowest BCUT2D eigenvalue weighted by molar-refractivity contribution is -0.137. The van der Waals surface area contributed by atoms with Crippen LogP contribution < -0.4 is 16.4 Å². The van der Waals surface area contributed by atoms with Crippen LogP contribution in [0.25, 0.3) is 0 Å². The molecule has 0 bridgehead atoms. The number of nitrogens with two attached hydrogens (primary N) is 1. The Morgan fingerprint density at radius 1 is 1.11 bits per heavy atom. The number of carbonyl (C=O) groups excluding carboxylic acids is 1. The zero-order chi connectivity index (χ0) is 20.4. The molecule has 0 saturated heterocycles. The van der Waals surface area contributed by atoms with Gasteiger partial charge in [-0.25, -0.2) is 4.79 Å².